The van der Waals surface area contributed by atoms with Gasteiger partial charge in [-0.15, -0.1) is 0 Å². The van der Waals surface area contributed by atoms with Crippen LogP contribution in [-0.4, -0.2) is 37.6 Å². The van der Waals surface area contributed by atoms with E-state index in [1.807, 2.05) is 12.1 Å². The van der Waals surface area contributed by atoms with Gasteiger partial charge in [-0.1, -0.05) is 53.7 Å². The van der Waals surface area contributed by atoms with Crippen LogP contribution in [0.2, 0.25) is 0 Å². The molecule has 1 aromatic rings. The molecule has 29 heavy (non-hydrogen) atoms. The molecule has 1 unspecified atom stereocenters. The first-order chi connectivity index (χ1) is 13.1. The van der Waals surface area contributed by atoms with E-state index in [9.17, 15) is 14.5 Å². The van der Waals surface area contributed by atoms with Crippen LogP contribution in [0.4, 0.5) is 0 Å². The van der Waals surface area contributed by atoms with Crippen molar-refractivity contribution in [1.29, 1.82) is 0 Å². The number of phenolic OH excluding ortho intramolecular Hbond substituents is 1. The van der Waals surface area contributed by atoms with Gasteiger partial charge in [0.05, 0.1) is 6.16 Å². The lowest BCUT2D eigenvalue weighted by molar-refractivity contribution is -0.145. The van der Waals surface area contributed by atoms with Crippen LogP contribution in [0.25, 0.3) is 0 Å². The number of carbonyl (C=O) groups excluding carboxylic acids is 1. The fraction of sp³-hybridized carbons (Fsp3) is 0.682. The van der Waals surface area contributed by atoms with E-state index < -0.39 is 19.7 Å². The Morgan fingerprint density at radius 3 is 1.83 bits per heavy atom. The number of hydrogen-bond donors (Lipinski definition) is 1. The molecule has 0 saturated heterocycles. The minimum Gasteiger partial charge on any atom is -0.507 e. The van der Waals surface area contributed by atoms with Crippen molar-refractivity contribution in [1.82, 2.24) is 0 Å². The zero-order valence-electron chi connectivity index (χ0n) is 19.3. The summed E-state index contributed by atoms with van der Waals surface area (Å²) in [6.45, 7) is 13.7. The van der Waals surface area contributed by atoms with Crippen molar-refractivity contribution >= 4 is 13.6 Å². The zero-order chi connectivity index (χ0) is 22.6. The van der Waals surface area contributed by atoms with Gasteiger partial charge in [-0.05, 0) is 40.4 Å². The van der Waals surface area contributed by atoms with Crippen LogP contribution in [0.5, 0.6) is 5.75 Å². The van der Waals surface area contributed by atoms with Gasteiger partial charge in [0.1, 0.15) is 11.9 Å². The van der Waals surface area contributed by atoms with E-state index in [2.05, 4.69) is 41.5 Å². The van der Waals surface area contributed by atoms with Crippen LogP contribution < -0.4 is 0 Å². The Labute approximate surface area is 175 Å². The molecule has 7 heteroatoms. The fourth-order valence-corrected chi connectivity index (χ4v) is 4.41. The number of aromatic hydroxyl groups is 1. The lowest BCUT2D eigenvalue weighted by Crippen LogP contribution is -2.23. The average molecular weight is 429 g/mol. The van der Waals surface area contributed by atoms with E-state index in [-0.39, 0.29) is 17.0 Å². The number of rotatable bonds is 8. The van der Waals surface area contributed by atoms with Crippen LogP contribution in [0.1, 0.15) is 71.6 Å². The van der Waals surface area contributed by atoms with E-state index in [1.165, 1.54) is 21.1 Å². The molecule has 6 nitrogen and oxygen atoms in total. The van der Waals surface area contributed by atoms with Crippen molar-refractivity contribution in [3.8, 4) is 5.75 Å². The first-order valence-corrected chi connectivity index (χ1v) is 11.6. The lowest BCUT2D eigenvalue weighted by Gasteiger charge is -2.28. The predicted molar refractivity (Wildman–Crippen MR) is 116 cm³/mol. The maximum atomic E-state index is 12.5. The number of hydrogen-bond acceptors (Lipinski definition) is 6. The number of benzene rings is 1. The Hall–Kier alpha value is -1.36. The average Bonchev–Trinajstić information content (AvgIpc) is 2.57. The minimum absolute atomic E-state index is 0.00405. The maximum absolute atomic E-state index is 12.5. The van der Waals surface area contributed by atoms with Crippen molar-refractivity contribution in [2.45, 2.75) is 78.2 Å². The normalized spacial score (nSPS) is 14.0. The summed E-state index contributed by atoms with van der Waals surface area (Å²) >= 11 is 0. The number of aryl methyl sites for hydroxylation is 1. The van der Waals surface area contributed by atoms with Gasteiger partial charge in [-0.25, -0.2) is 0 Å². The first-order valence-electron chi connectivity index (χ1n) is 9.87. The molecule has 0 aromatic heterocycles. The predicted octanol–water partition coefficient (Wildman–Crippen LogP) is 5.34. The number of carbonyl (C=O) groups is 1. The molecule has 0 fully saturated rings. The fourth-order valence-electron chi connectivity index (χ4n) is 3.20. The highest BCUT2D eigenvalue weighted by Crippen LogP contribution is 2.48. The number of esters is 1. The maximum Gasteiger partial charge on any atom is 0.333 e. The molecule has 0 amide bonds. The van der Waals surface area contributed by atoms with Gasteiger partial charge >= 0.3 is 13.6 Å². The summed E-state index contributed by atoms with van der Waals surface area (Å²) in [6, 6.07) is 4.00. The molecule has 0 saturated carbocycles. The number of phenols is 1. The minimum atomic E-state index is -3.31. The molecule has 0 aliphatic rings. The molecular weight excluding hydrogens is 391 g/mol. The molecule has 0 aliphatic carbocycles. The third kappa shape index (κ3) is 7.44. The Balaban J connectivity index is 3.23. The summed E-state index contributed by atoms with van der Waals surface area (Å²) in [5.74, 6) is -0.112. The zero-order valence-corrected chi connectivity index (χ0v) is 20.2. The highest BCUT2D eigenvalue weighted by atomic mass is 31.2. The molecule has 0 spiro atoms. The van der Waals surface area contributed by atoms with E-state index in [4.69, 9.17) is 13.8 Å². The topological polar surface area (TPSA) is 82.1 Å². The molecule has 0 radical (unpaired) electrons. The standard InChI is InChI=1S/C22H37O6P/c1-15(23)28-17(14-29(25,26-8)27-9)11-10-16-12-18(21(2,3)4)20(24)19(13-16)22(5,6)7/h12-13,17,24H,10-11,14H2,1-9H3. The summed E-state index contributed by atoms with van der Waals surface area (Å²) in [7, 11) is -0.673. The lowest BCUT2D eigenvalue weighted by atomic mass is 9.78. The van der Waals surface area contributed by atoms with Crippen LogP contribution >= 0.6 is 7.60 Å². The summed E-state index contributed by atoms with van der Waals surface area (Å²) in [5.41, 5.74) is 2.33. The van der Waals surface area contributed by atoms with E-state index in [0.717, 1.165) is 16.7 Å². The van der Waals surface area contributed by atoms with E-state index in [1.54, 1.807) is 0 Å². The molecule has 1 atom stereocenters. The van der Waals surface area contributed by atoms with Gasteiger partial charge in [0.25, 0.3) is 0 Å². The third-order valence-electron chi connectivity index (χ3n) is 4.86. The first kappa shape index (κ1) is 25.7. The van der Waals surface area contributed by atoms with Gasteiger partial charge in [-0.2, -0.15) is 0 Å². The number of ether oxygens (including phenoxy) is 1. The molecule has 166 valence electrons. The monoisotopic (exact) mass is 428 g/mol. The van der Waals surface area contributed by atoms with Gasteiger partial charge in [0.2, 0.25) is 0 Å². The second-order valence-corrected chi connectivity index (χ2v) is 11.8. The molecule has 0 bridgehead atoms. The van der Waals surface area contributed by atoms with E-state index in [0.29, 0.717) is 18.6 Å². The Morgan fingerprint density at radius 2 is 1.48 bits per heavy atom. The Morgan fingerprint density at radius 1 is 1.03 bits per heavy atom. The molecular formula is C22H37O6P. The summed E-state index contributed by atoms with van der Waals surface area (Å²) < 4.78 is 27.9. The smallest absolute Gasteiger partial charge is 0.333 e. The van der Waals surface area contributed by atoms with Gasteiger partial charge in [0, 0.05) is 21.1 Å². The van der Waals surface area contributed by atoms with E-state index >= 15 is 0 Å². The van der Waals surface area contributed by atoms with Crippen molar-refractivity contribution in [3.05, 3.63) is 28.8 Å². The highest BCUT2D eigenvalue weighted by molar-refractivity contribution is 7.53. The Kier molecular flexibility index (Phi) is 8.53. The highest BCUT2D eigenvalue weighted by Gasteiger charge is 2.30. The van der Waals surface area contributed by atoms with Crippen molar-refractivity contribution < 1.29 is 28.3 Å². The third-order valence-corrected chi connectivity index (χ3v) is 6.82. The summed E-state index contributed by atoms with van der Waals surface area (Å²) in [6.07, 6.45) is 0.463. The van der Waals surface area contributed by atoms with Crippen LogP contribution in [0.3, 0.4) is 0 Å². The van der Waals surface area contributed by atoms with Gasteiger partial charge in [-0.3, -0.25) is 9.36 Å². The molecule has 1 rings (SSSR count). The van der Waals surface area contributed by atoms with Crippen LogP contribution in [-0.2, 0) is 40.4 Å². The summed E-state index contributed by atoms with van der Waals surface area (Å²) in [5, 5.41) is 10.9. The van der Waals surface area contributed by atoms with Crippen molar-refractivity contribution in [3.63, 3.8) is 0 Å². The largest absolute Gasteiger partial charge is 0.507 e. The van der Waals surface area contributed by atoms with Crippen LogP contribution in [0.15, 0.2) is 12.1 Å². The second-order valence-electron chi connectivity index (χ2n) is 9.47. The summed E-state index contributed by atoms with van der Waals surface area (Å²) in [4.78, 5) is 11.5. The second kappa shape index (κ2) is 9.63. The molecule has 1 N–H and O–H groups in total. The molecule has 0 heterocycles. The van der Waals surface area contributed by atoms with Crippen molar-refractivity contribution in [2.75, 3.05) is 20.4 Å². The molecule has 1 aromatic carbocycles. The Bertz CT molecular complexity index is 715. The SMILES string of the molecule is COP(=O)(CC(CCc1cc(C(C)(C)C)c(O)c(C(C)(C)C)c1)OC(C)=O)OC. The van der Waals surface area contributed by atoms with Crippen molar-refractivity contribution in [2.24, 2.45) is 0 Å². The van der Waals surface area contributed by atoms with Gasteiger partial charge in [0.15, 0.2) is 0 Å². The van der Waals surface area contributed by atoms with Gasteiger partial charge < -0.3 is 18.9 Å². The van der Waals surface area contributed by atoms with Crippen LogP contribution in [0, 0.1) is 0 Å². The molecule has 0 aliphatic heterocycles. The quantitative estimate of drug-likeness (QED) is 0.445.